The maximum absolute atomic E-state index is 12.7. The number of aliphatic hydroxyl groups is 2. The summed E-state index contributed by atoms with van der Waals surface area (Å²) in [4.78, 5) is 14.5. The Hall–Kier alpha value is -1.88. The van der Waals surface area contributed by atoms with Crippen molar-refractivity contribution in [2.45, 2.75) is 24.9 Å². The second kappa shape index (κ2) is 7.27. The van der Waals surface area contributed by atoms with Crippen LogP contribution in [0.25, 0.3) is 0 Å². The van der Waals surface area contributed by atoms with Crippen LogP contribution in [0.5, 0.6) is 0 Å². The average molecular weight is 386 g/mol. The Bertz CT molecular complexity index is 827. The third-order valence-corrected chi connectivity index (χ3v) is 6.68. The molecule has 2 aliphatic rings. The normalized spacial score (nSPS) is 29.3. The number of nitrogens with zero attached hydrogens (tertiary/aromatic N) is 1. The Labute approximate surface area is 164 Å². The van der Waals surface area contributed by atoms with Gasteiger partial charge in [0.2, 0.25) is 5.91 Å². The number of carbonyl (C=O) groups is 1. The number of amides is 1. The lowest BCUT2D eigenvalue weighted by Crippen LogP contribution is -2.30. The third kappa shape index (κ3) is 3.16. The van der Waals surface area contributed by atoms with E-state index in [0.717, 1.165) is 11.1 Å². The minimum atomic E-state index is -0.607. The molecule has 1 saturated carbocycles. The van der Waals surface area contributed by atoms with Crippen molar-refractivity contribution in [3.05, 3.63) is 70.7 Å². The number of halogens is 1. The summed E-state index contributed by atoms with van der Waals surface area (Å²) in [6.07, 6.45) is 0.347. The Balaban J connectivity index is 1.45. The number of carbonyl (C=O) groups excluding carboxylic acids is 1. The van der Waals surface area contributed by atoms with Crippen LogP contribution in [-0.4, -0.2) is 46.8 Å². The van der Waals surface area contributed by atoms with Gasteiger partial charge in [-0.3, -0.25) is 4.79 Å². The minimum absolute atomic E-state index is 0.00346. The summed E-state index contributed by atoms with van der Waals surface area (Å²) in [7, 11) is 0. The van der Waals surface area contributed by atoms with Crippen LogP contribution in [-0.2, 0) is 11.2 Å². The molecule has 1 aliphatic heterocycles. The zero-order chi connectivity index (χ0) is 19.0. The van der Waals surface area contributed by atoms with Gasteiger partial charge in [0.1, 0.15) is 0 Å². The van der Waals surface area contributed by atoms with Crippen molar-refractivity contribution >= 4 is 17.5 Å². The summed E-state index contributed by atoms with van der Waals surface area (Å²) in [5.74, 6) is 0.123. The Morgan fingerprint density at radius 3 is 2.56 bits per heavy atom. The van der Waals surface area contributed by atoms with E-state index in [-0.39, 0.29) is 24.3 Å². The van der Waals surface area contributed by atoms with Crippen LogP contribution in [0.15, 0.2) is 54.6 Å². The van der Waals surface area contributed by atoms with E-state index in [1.165, 1.54) is 0 Å². The Kier molecular flexibility index (Phi) is 4.97. The van der Waals surface area contributed by atoms with Gasteiger partial charge < -0.3 is 15.1 Å². The quantitative estimate of drug-likeness (QED) is 0.832. The van der Waals surface area contributed by atoms with Gasteiger partial charge in [-0.1, -0.05) is 60.1 Å². The molecule has 1 spiro atoms. The van der Waals surface area contributed by atoms with Crippen molar-refractivity contribution in [1.29, 1.82) is 0 Å². The molecule has 1 amide bonds. The molecule has 2 N–H and O–H groups in total. The number of rotatable bonds is 5. The van der Waals surface area contributed by atoms with Gasteiger partial charge in [0.15, 0.2) is 0 Å². The molecule has 4 atom stereocenters. The van der Waals surface area contributed by atoms with Crippen LogP contribution < -0.4 is 0 Å². The highest BCUT2D eigenvalue weighted by Gasteiger charge is 2.71. The minimum Gasteiger partial charge on any atom is -0.396 e. The van der Waals surface area contributed by atoms with Crippen LogP contribution in [0.2, 0.25) is 5.02 Å². The number of hydrogen-bond donors (Lipinski definition) is 2. The Morgan fingerprint density at radius 2 is 1.85 bits per heavy atom. The van der Waals surface area contributed by atoms with Gasteiger partial charge in [-0.2, -0.15) is 0 Å². The molecule has 27 heavy (non-hydrogen) atoms. The summed E-state index contributed by atoms with van der Waals surface area (Å²) < 4.78 is 0. The second-order valence-electron chi connectivity index (χ2n) is 7.67. The fraction of sp³-hybridized carbons (Fsp3) is 0.409. The lowest BCUT2D eigenvalue weighted by atomic mass is 9.95. The van der Waals surface area contributed by atoms with E-state index < -0.39 is 11.5 Å². The molecule has 2 aromatic carbocycles. The van der Waals surface area contributed by atoms with Crippen LogP contribution in [0.1, 0.15) is 23.5 Å². The van der Waals surface area contributed by atoms with E-state index in [1.807, 2.05) is 54.6 Å². The SMILES string of the molecule is O=C(CCc1ccccc1Cl)N1C[C@H](O)[C@@]2(C1)[C@H](CO)[C@H]2c1ccccc1. The average Bonchev–Trinajstić information content (AvgIpc) is 3.22. The Morgan fingerprint density at radius 1 is 1.15 bits per heavy atom. The lowest BCUT2D eigenvalue weighted by Gasteiger charge is -2.17. The van der Waals surface area contributed by atoms with Crippen LogP contribution in [0.3, 0.4) is 0 Å². The summed E-state index contributed by atoms with van der Waals surface area (Å²) >= 11 is 6.18. The smallest absolute Gasteiger partial charge is 0.223 e. The standard InChI is InChI=1S/C22H24ClNO3/c23-18-9-5-4-6-15(18)10-11-20(27)24-12-19(26)22(14-24)17(13-25)21(22)16-7-2-1-3-8-16/h1-9,17,19,21,25-26H,10-14H2/t17-,19+,21-,22-/m1/s1. The molecular weight excluding hydrogens is 362 g/mol. The summed E-state index contributed by atoms with van der Waals surface area (Å²) in [5, 5.41) is 21.3. The zero-order valence-corrected chi connectivity index (χ0v) is 15.8. The van der Waals surface area contributed by atoms with Crippen molar-refractivity contribution in [3.63, 3.8) is 0 Å². The summed E-state index contributed by atoms with van der Waals surface area (Å²) in [5.41, 5.74) is 1.67. The van der Waals surface area contributed by atoms with Crippen molar-refractivity contribution in [2.24, 2.45) is 11.3 Å². The van der Waals surface area contributed by atoms with E-state index in [4.69, 9.17) is 11.6 Å². The molecule has 2 fully saturated rings. The van der Waals surface area contributed by atoms with Crippen molar-refractivity contribution in [3.8, 4) is 0 Å². The van der Waals surface area contributed by atoms with Gasteiger partial charge >= 0.3 is 0 Å². The van der Waals surface area contributed by atoms with Gasteiger partial charge in [-0.25, -0.2) is 0 Å². The summed E-state index contributed by atoms with van der Waals surface area (Å²) in [6, 6.07) is 17.5. The first-order valence-electron chi connectivity index (χ1n) is 9.43. The van der Waals surface area contributed by atoms with E-state index in [2.05, 4.69) is 0 Å². The van der Waals surface area contributed by atoms with Crippen LogP contribution >= 0.6 is 11.6 Å². The molecular formula is C22H24ClNO3. The number of hydrogen-bond acceptors (Lipinski definition) is 3. The van der Waals surface area contributed by atoms with E-state index in [1.54, 1.807) is 4.90 Å². The monoisotopic (exact) mass is 385 g/mol. The number of β-amino-alcohol motifs (C(OH)–C–C–N with tert-alkyl or cyclic N) is 1. The highest BCUT2D eigenvalue weighted by atomic mass is 35.5. The fourth-order valence-electron chi connectivity index (χ4n) is 4.86. The first-order chi connectivity index (χ1) is 13.1. The molecule has 1 saturated heterocycles. The zero-order valence-electron chi connectivity index (χ0n) is 15.1. The van der Waals surface area contributed by atoms with E-state index >= 15 is 0 Å². The van der Waals surface area contributed by atoms with Crippen molar-refractivity contribution in [1.82, 2.24) is 4.90 Å². The van der Waals surface area contributed by atoms with E-state index in [0.29, 0.717) is 31.0 Å². The van der Waals surface area contributed by atoms with Crippen molar-refractivity contribution in [2.75, 3.05) is 19.7 Å². The molecule has 4 rings (SSSR count). The highest BCUT2D eigenvalue weighted by Crippen LogP contribution is 2.68. The van der Waals surface area contributed by atoms with Gasteiger partial charge in [-0.05, 0) is 35.4 Å². The summed E-state index contributed by atoms with van der Waals surface area (Å²) in [6.45, 7) is 0.861. The molecule has 2 aromatic rings. The maximum Gasteiger partial charge on any atom is 0.223 e. The fourth-order valence-corrected chi connectivity index (χ4v) is 5.09. The molecule has 0 unspecified atom stereocenters. The molecule has 0 bridgehead atoms. The van der Waals surface area contributed by atoms with Gasteiger partial charge in [0.05, 0.1) is 6.10 Å². The number of aryl methyl sites for hydroxylation is 1. The van der Waals surface area contributed by atoms with Crippen LogP contribution in [0.4, 0.5) is 0 Å². The second-order valence-corrected chi connectivity index (χ2v) is 8.08. The number of likely N-dealkylation sites (tertiary alicyclic amines) is 1. The van der Waals surface area contributed by atoms with Gasteiger partial charge in [0.25, 0.3) is 0 Å². The first-order valence-corrected chi connectivity index (χ1v) is 9.80. The van der Waals surface area contributed by atoms with Gasteiger partial charge in [0, 0.05) is 36.6 Å². The molecule has 1 heterocycles. The highest BCUT2D eigenvalue weighted by molar-refractivity contribution is 6.31. The molecule has 0 aromatic heterocycles. The molecule has 1 aliphatic carbocycles. The number of aliphatic hydroxyl groups excluding tert-OH is 2. The molecule has 142 valence electrons. The molecule has 0 radical (unpaired) electrons. The van der Waals surface area contributed by atoms with Gasteiger partial charge in [-0.15, -0.1) is 0 Å². The van der Waals surface area contributed by atoms with Crippen molar-refractivity contribution < 1.29 is 15.0 Å². The topological polar surface area (TPSA) is 60.8 Å². The van der Waals surface area contributed by atoms with Crippen LogP contribution in [0, 0.1) is 11.3 Å². The number of benzene rings is 2. The third-order valence-electron chi connectivity index (χ3n) is 6.32. The predicted molar refractivity (Wildman–Crippen MR) is 105 cm³/mol. The lowest BCUT2D eigenvalue weighted by molar-refractivity contribution is -0.130. The van der Waals surface area contributed by atoms with E-state index in [9.17, 15) is 15.0 Å². The largest absolute Gasteiger partial charge is 0.396 e. The molecule has 4 nitrogen and oxygen atoms in total. The first kappa shape index (κ1) is 18.5. The molecule has 5 heteroatoms. The maximum atomic E-state index is 12.7. The predicted octanol–water partition coefficient (Wildman–Crippen LogP) is 2.87.